The zero-order valence-corrected chi connectivity index (χ0v) is 23.2. The molecule has 4 aliphatic carbocycles. The molecule has 0 aromatic heterocycles. The molecule has 1 amide bonds. The minimum atomic E-state index is -0.618. The summed E-state index contributed by atoms with van der Waals surface area (Å²) in [7, 11) is 3.29. The Kier molecular flexibility index (Phi) is 4.73. The number of rotatable bonds is 6. The van der Waals surface area contributed by atoms with Crippen LogP contribution in [0, 0.1) is 28.6 Å². The molecule has 10 atom stereocenters. The first-order valence-corrected chi connectivity index (χ1v) is 14.4. The predicted octanol–water partition coefficient (Wildman–Crippen LogP) is 3.70. The highest BCUT2D eigenvalue weighted by Crippen LogP contribution is 2.90. The molecule has 3 heterocycles. The number of amides is 1. The molecule has 3 aliphatic heterocycles. The summed E-state index contributed by atoms with van der Waals surface area (Å²) in [5.41, 5.74) is 2.69. The van der Waals surface area contributed by atoms with Crippen LogP contribution in [-0.2, 0) is 28.5 Å². The Labute approximate surface area is 228 Å². The molecular formula is C31H37NO7. The van der Waals surface area contributed by atoms with E-state index in [1.54, 1.807) is 26.3 Å². The smallest absolute Gasteiger partial charge is 0.334 e. The molecule has 8 heteroatoms. The number of hydrogen-bond acceptors (Lipinski definition) is 7. The van der Waals surface area contributed by atoms with Gasteiger partial charge in [-0.15, -0.1) is 0 Å². The fraction of sp³-hybridized carbons (Fsp3) is 0.677. The zero-order valence-electron chi connectivity index (χ0n) is 23.2. The molecule has 208 valence electrons. The average Bonchev–Trinajstić information content (AvgIpc) is 3.85. The van der Waals surface area contributed by atoms with Crippen molar-refractivity contribution in [1.29, 1.82) is 0 Å². The van der Waals surface area contributed by atoms with Crippen LogP contribution in [0.4, 0.5) is 0 Å². The van der Waals surface area contributed by atoms with E-state index in [2.05, 4.69) is 26.1 Å². The lowest BCUT2D eigenvalue weighted by Gasteiger charge is -2.57. The van der Waals surface area contributed by atoms with Crippen molar-refractivity contribution in [3.63, 3.8) is 0 Å². The van der Waals surface area contributed by atoms with Crippen LogP contribution in [-0.4, -0.2) is 62.2 Å². The third-order valence-corrected chi connectivity index (χ3v) is 11.9. The lowest BCUT2D eigenvalue weighted by atomic mass is 9.45. The molecule has 8 nitrogen and oxygen atoms in total. The Balaban J connectivity index is 1.18. The molecule has 0 radical (unpaired) electrons. The maximum atomic E-state index is 12.5. The number of carbonyl (C=O) groups is 2. The van der Waals surface area contributed by atoms with Crippen molar-refractivity contribution < 1.29 is 33.3 Å². The Morgan fingerprint density at radius 3 is 2.64 bits per heavy atom. The predicted molar refractivity (Wildman–Crippen MR) is 138 cm³/mol. The normalized spacial score (nSPS) is 46.6. The van der Waals surface area contributed by atoms with Gasteiger partial charge in [0.25, 0.3) is 5.91 Å². The first kappa shape index (κ1) is 24.5. The van der Waals surface area contributed by atoms with Crippen LogP contribution >= 0.6 is 0 Å². The number of methoxy groups -OCH3 is 1. The van der Waals surface area contributed by atoms with Crippen LogP contribution in [0.3, 0.4) is 0 Å². The second-order valence-electron chi connectivity index (χ2n) is 13.3. The number of epoxide rings is 2. The van der Waals surface area contributed by atoms with E-state index in [0.717, 1.165) is 36.8 Å². The van der Waals surface area contributed by atoms with Gasteiger partial charge >= 0.3 is 5.97 Å². The number of ether oxygens (including phenoxy) is 5. The average molecular weight is 536 g/mol. The van der Waals surface area contributed by atoms with Gasteiger partial charge in [0.15, 0.2) is 6.29 Å². The van der Waals surface area contributed by atoms with E-state index in [9.17, 15) is 9.59 Å². The van der Waals surface area contributed by atoms with Crippen molar-refractivity contribution in [3.05, 3.63) is 46.5 Å². The fourth-order valence-corrected chi connectivity index (χ4v) is 10.0. The lowest BCUT2D eigenvalue weighted by molar-refractivity contribution is -0.222. The number of carbonyl (C=O) groups excluding carboxylic acids is 2. The minimum absolute atomic E-state index is 0.00803. The molecule has 39 heavy (non-hydrogen) atoms. The van der Waals surface area contributed by atoms with E-state index in [1.165, 1.54) is 5.57 Å². The second-order valence-corrected chi connectivity index (χ2v) is 13.3. The summed E-state index contributed by atoms with van der Waals surface area (Å²) in [4.78, 5) is 24.5. The van der Waals surface area contributed by atoms with Crippen molar-refractivity contribution in [2.75, 3.05) is 20.8 Å². The highest BCUT2D eigenvalue weighted by Gasteiger charge is 2.98. The molecule has 1 aromatic rings. The molecule has 7 aliphatic rings. The van der Waals surface area contributed by atoms with Gasteiger partial charge in [0.1, 0.15) is 23.9 Å². The highest BCUT2D eigenvalue weighted by atomic mass is 16.7. The van der Waals surface area contributed by atoms with Crippen molar-refractivity contribution in [2.24, 2.45) is 28.6 Å². The molecule has 3 saturated carbocycles. The van der Waals surface area contributed by atoms with E-state index in [0.29, 0.717) is 24.0 Å². The Morgan fingerprint density at radius 2 is 1.95 bits per heavy atom. The number of benzene rings is 1. The van der Waals surface area contributed by atoms with Gasteiger partial charge < -0.3 is 29.0 Å². The van der Waals surface area contributed by atoms with Gasteiger partial charge in [0.05, 0.1) is 12.2 Å². The monoisotopic (exact) mass is 535 g/mol. The fourth-order valence-electron chi connectivity index (χ4n) is 10.0. The maximum Gasteiger partial charge on any atom is 0.334 e. The summed E-state index contributed by atoms with van der Waals surface area (Å²) >= 11 is 0. The number of hydrogen-bond donors (Lipinski definition) is 1. The summed E-state index contributed by atoms with van der Waals surface area (Å²) in [6.45, 7) is 7.33. The first-order chi connectivity index (χ1) is 18.7. The Hall–Kier alpha value is -2.26. The maximum absolute atomic E-state index is 12.5. The number of esters is 1. The highest BCUT2D eigenvalue weighted by molar-refractivity contribution is 5.94. The zero-order chi connectivity index (χ0) is 27.1. The molecular weight excluding hydrogens is 498 g/mol. The summed E-state index contributed by atoms with van der Waals surface area (Å²) < 4.78 is 32.2. The summed E-state index contributed by atoms with van der Waals surface area (Å²) in [6, 6.07) is 7.41. The first-order valence-electron chi connectivity index (χ1n) is 14.4. The molecule has 1 aromatic carbocycles. The van der Waals surface area contributed by atoms with Crippen LogP contribution in [0.5, 0.6) is 0 Å². The molecule has 1 unspecified atom stereocenters. The number of cyclic esters (lactones) is 1. The van der Waals surface area contributed by atoms with Crippen LogP contribution in [0.2, 0.25) is 0 Å². The van der Waals surface area contributed by atoms with E-state index < -0.39 is 17.5 Å². The molecule has 1 N–H and O–H groups in total. The van der Waals surface area contributed by atoms with Gasteiger partial charge in [-0.05, 0) is 66.6 Å². The minimum Gasteiger partial charge on any atom is -0.458 e. The molecule has 5 fully saturated rings. The van der Waals surface area contributed by atoms with E-state index >= 15 is 0 Å². The molecule has 0 bridgehead atoms. The van der Waals surface area contributed by atoms with Gasteiger partial charge in [-0.3, -0.25) is 4.79 Å². The lowest BCUT2D eigenvalue weighted by Crippen LogP contribution is -2.65. The summed E-state index contributed by atoms with van der Waals surface area (Å²) in [6.07, 6.45) is 3.00. The van der Waals surface area contributed by atoms with Gasteiger partial charge in [-0.2, -0.15) is 0 Å². The number of fused-ring (bicyclic) bond motifs is 4. The Morgan fingerprint density at radius 1 is 1.18 bits per heavy atom. The van der Waals surface area contributed by atoms with Crippen molar-refractivity contribution in [1.82, 2.24) is 5.32 Å². The van der Waals surface area contributed by atoms with Gasteiger partial charge in [0.2, 0.25) is 0 Å². The molecule has 8 rings (SSSR count). The summed E-state index contributed by atoms with van der Waals surface area (Å²) in [5.74, 6) is 0.734. The van der Waals surface area contributed by atoms with Crippen LogP contribution in [0.15, 0.2) is 35.4 Å². The molecule has 2 saturated heterocycles. The SMILES string of the molecule is CNC(=O)c1ccc(C(OC)O[C@@H]2[C@@]3(C(C)C)O[C@H]3[C@@H]3C[C@]34[C@]23O[C@H]3C[C@H]2C3=C(CC[C@@]24C)C(=O)OC3)cc1. The third-order valence-electron chi connectivity index (χ3n) is 11.9. The van der Waals surface area contributed by atoms with Crippen molar-refractivity contribution >= 4 is 11.9 Å². The van der Waals surface area contributed by atoms with Crippen LogP contribution in [0.1, 0.15) is 68.7 Å². The number of nitrogens with one attached hydrogen (secondary N) is 1. The second kappa shape index (κ2) is 7.52. The standard InChI is InChI=1S/C31H37NO7/c1-15(2)30-23(39-30)21-13-29(21)28(3)11-10-18-19(14-36-25(18)34)20(28)12-22-31(29,38-22)27(30)37-26(35-5)17-8-6-16(7-9-17)24(33)32-4/h6-9,15,20-23,26-27H,10-14H2,1-5H3,(H,32,33)/t20-,21-,22-,23-,26?,27+,28-,29-,30-,31+/m0/s1. The van der Waals surface area contributed by atoms with E-state index in [-0.39, 0.29) is 46.9 Å². The van der Waals surface area contributed by atoms with Crippen molar-refractivity contribution in [3.8, 4) is 0 Å². The topological polar surface area (TPSA) is 98.9 Å². The third kappa shape index (κ3) is 2.66. The van der Waals surface area contributed by atoms with Crippen LogP contribution in [0.25, 0.3) is 0 Å². The van der Waals surface area contributed by atoms with Gasteiger partial charge in [0, 0.05) is 36.3 Å². The van der Waals surface area contributed by atoms with Gasteiger partial charge in [-0.25, -0.2) is 4.79 Å². The van der Waals surface area contributed by atoms with E-state index in [1.807, 2.05) is 12.1 Å². The molecule has 2 spiro atoms. The van der Waals surface area contributed by atoms with Crippen molar-refractivity contribution in [2.45, 2.75) is 82.3 Å². The quantitative estimate of drug-likeness (QED) is 0.337. The largest absolute Gasteiger partial charge is 0.458 e. The summed E-state index contributed by atoms with van der Waals surface area (Å²) in [5, 5.41) is 2.67. The van der Waals surface area contributed by atoms with Crippen LogP contribution < -0.4 is 5.32 Å². The van der Waals surface area contributed by atoms with Gasteiger partial charge in [-0.1, -0.05) is 32.9 Å². The Bertz CT molecular complexity index is 1320. The van der Waals surface area contributed by atoms with E-state index in [4.69, 9.17) is 23.7 Å².